The molecule has 1 heterocycles. The molecule has 0 spiro atoms. The van der Waals surface area contributed by atoms with E-state index in [2.05, 4.69) is 10.3 Å². The molecule has 0 amide bonds. The van der Waals surface area contributed by atoms with Crippen molar-refractivity contribution < 1.29 is 8.42 Å². The van der Waals surface area contributed by atoms with Crippen molar-refractivity contribution in [1.29, 1.82) is 0 Å². The van der Waals surface area contributed by atoms with E-state index >= 15 is 0 Å². The monoisotopic (exact) mass is 260 g/mol. The number of nitrogens with two attached hydrogens (primary N) is 1. The third kappa shape index (κ3) is 5.27. The lowest BCUT2D eigenvalue weighted by Gasteiger charge is -2.00. The maximum absolute atomic E-state index is 11.3. The van der Waals surface area contributed by atoms with Crippen LogP contribution in [0.15, 0.2) is 6.20 Å². The maximum atomic E-state index is 11.3. The molecular formula is C10H20N4O2S. The van der Waals surface area contributed by atoms with Crippen LogP contribution in [0.3, 0.4) is 0 Å². The van der Waals surface area contributed by atoms with Crippen LogP contribution in [0.25, 0.3) is 0 Å². The molecule has 1 rings (SSSR count). The molecule has 0 aromatic carbocycles. The van der Waals surface area contributed by atoms with Gasteiger partial charge in [0.1, 0.15) is 0 Å². The van der Waals surface area contributed by atoms with E-state index in [0.29, 0.717) is 13.1 Å². The Morgan fingerprint density at radius 1 is 1.41 bits per heavy atom. The molecule has 0 fully saturated rings. The number of hydrogen-bond donors (Lipinski definition) is 1. The quantitative estimate of drug-likeness (QED) is 0.664. The highest BCUT2D eigenvalue weighted by molar-refractivity contribution is 7.91. The molecule has 2 N–H and O–H groups in total. The minimum Gasteiger partial charge on any atom is -0.330 e. The van der Waals surface area contributed by atoms with Crippen LogP contribution in [0.2, 0.25) is 0 Å². The summed E-state index contributed by atoms with van der Waals surface area (Å²) in [5.41, 5.74) is 6.30. The minimum atomic E-state index is -2.93. The minimum absolute atomic E-state index is 0.120. The molecule has 0 unspecified atom stereocenters. The number of sulfone groups is 1. The summed E-state index contributed by atoms with van der Waals surface area (Å²) in [5, 5.41) is 7.90. The molecule has 0 radical (unpaired) electrons. The van der Waals surface area contributed by atoms with Crippen LogP contribution >= 0.6 is 0 Å². The molecule has 0 aliphatic rings. The van der Waals surface area contributed by atoms with Gasteiger partial charge in [-0.3, -0.25) is 4.68 Å². The fourth-order valence-corrected chi connectivity index (χ4v) is 2.14. The molecule has 6 nitrogen and oxygen atoms in total. The molecule has 0 aliphatic heterocycles. The Hall–Kier alpha value is -0.950. The number of rotatable bonds is 8. The Balaban J connectivity index is 2.40. The summed E-state index contributed by atoms with van der Waals surface area (Å²) >= 11 is 0. The van der Waals surface area contributed by atoms with Crippen LogP contribution in [0.5, 0.6) is 0 Å². The van der Waals surface area contributed by atoms with Crippen LogP contribution in [-0.2, 0) is 22.8 Å². The molecule has 0 atom stereocenters. The summed E-state index contributed by atoms with van der Waals surface area (Å²) in [7, 11) is -2.93. The third-order valence-corrected chi connectivity index (χ3v) is 4.23. The Kier molecular flexibility index (Phi) is 5.57. The first-order valence-electron chi connectivity index (χ1n) is 5.87. The van der Waals surface area contributed by atoms with Crippen molar-refractivity contribution in [2.24, 2.45) is 5.73 Å². The molecule has 98 valence electrons. The molecule has 1 aromatic rings. The number of aryl methyl sites for hydroxylation is 2. The van der Waals surface area contributed by atoms with Crippen LogP contribution in [0, 0.1) is 0 Å². The van der Waals surface area contributed by atoms with Gasteiger partial charge in [0, 0.05) is 11.9 Å². The van der Waals surface area contributed by atoms with Crippen LogP contribution < -0.4 is 5.73 Å². The fraction of sp³-hybridized carbons (Fsp3) is 0.800. The Bertz CT molecular complexity index is 427. The molecule has 0 saturated heterocycles. The van der Waals surface area contributed by atoms with Gasteiger partial charge in [0.05, 0.1) is 18.0 Å². The van der Waals surface area contributed by atoms with Gasteiger partial charge in [-0.2, -0.15) is 0 Å². The van der Waals surface area contributed by atoms with Gasteiger partial charge in [-0.25, -0.2) is 8.42 Å². The molecular weight excluding hydrogens is 240 g/mol. The van der Waals surface area contributed by atoms with E-state index in [4.69, 9.17) is 5.73 Å². The fourth-order valence-electron chi connectivity index (χ4n) is 1.39. The van der Waals surface area contributed by atoms with Gasteiger partial charge in [0.2, 0.25) is 0 Å². The van der Waals surface area contributed by atoms with Crippen molar-refractivity contribution >= 4 is 9.84 Å². The standard InChI is InChI=1S/C10H20N4O2S/c1-2-17(15,16)8-7-14-9-10(12-13-14)5-3-4-6-11/h9H,2-8,11H2,1H3. The van der Waals surface area contributed by atoms with Crippen molar-refractivity contribution in [2.75, 3.05) is 18.1 Å². The Morgan fingerprint density at radius 3 is 2.82 bits per heavy atom. The van der Waals surface area contributed by atoms with Crippen molar-refractivity contribution in [3.05, 3.63) is 11.9 Å². The summed E-state index contributed by atoms with van der Waals surface area (Å²) in [5.74, 6) is 0.292. The SMILES string of the molecule is CCS(=O)(=O)CCn1cc(CCCCN)nn1. The van der Waals surface area contributed by atoms with E-state index < -0.39 is 9.84 Å². The predicted molar refractivity (Wildman–Crippen MR) is 66.3 cm³/mol. The highest BCUT2D eigenvalue weighted by Crippen LogP contribution is 2.01. The van der Waals surface area contributed by atoms with Gasteiger partial charge in [-0.1, -0.05) is 12.1 Å². The summed E-state index contributed by atoms with van der Waals surface area (Å²) in [6, 6.07) is 0. The van der Waals surface area contributed by atoms with Gasteiger partial charge in [0.15, 0.2) is 9.84 Å². The average molecular weight is 260 g/mol. The van der Waals surface area contributed by atoms with E-state index in [9.17, 15) is 8.42 Å². The maximum Gasteiger partial charge on any atom is 0.151 e. The number of unbranched alkanes of at least 4 members (excludes halogenated alkanes) is 1. The predicted octanol–water partition coefficient (Wildman–Crippen LogP) is -0.00580. The van der Waals surface area contributed by atoms with E-state index in [-0.39, 0.29) is 11.5 Å². The topological polar surface area (TPSA) is 90.9 Å². The Labute approximate surface area is 102 Å². The summed E-state index contributed by atoms with van der Waals surface area (Å²) in [6.07, 6.45) is 4.61. The summed E-state index contributed by atoms with van der Waals surface area (Å²) in [4.78, 5) is 0. The van der Waals surface area contributed by atoms with Crippen LogP contribution in [-0.4, -0.2) is 41.5 Å². The largest absolute Gasteiger partial charge is 0.330 e. The second kappa shape index (κ2) is 6.70. The zero-order valence-electron chi connectivity index (χ0n) is 10.2. The van der Waals surface area contributed by atoms with Gasteiger partial charge >= 0.3 is 0 Å². The number of aromatic nitrogens is 3. The van der Waals surface area contributed by atoms with E-state index in [1.54, 1.807) is 11.6 Å². The third-order valence-electron chi connectivity index (χ3n) is 2.54. The second-order valence-corrected chi connectivity index (χ2v) is 6.43. The average Bonchev–Trinajstić information content (AvgIpc) is 2.75. The number of hydrogen-bond acceptors (Lipinski definition) is 5. The lowest BCUT2D eigenvalue weighted by molar-refractivity contribution is 0.576. The second-order valence-electron chi connectivity index (χ2n) is 3.96. The van der Waals surface area contributed by atoms with E-state index in [1.807, 2.05) is 6.20 Å². The lowest BCUT2D eigenvalue weighted by atomic mass is 10.2. The van der Waals surface area contributed by atoms with E-state index in [0.717, 1.165) is 25.0 Å². The molecule has 0 bridgehead atoms. The first-order valence-corrected chi connectivity index (χ1v) is 7.69. The number of nitrogens with zero attached hydrogens (tertiary/aromatic N) is 3. The molecule has 1 aromatic heterocycles. The van der Waals surface area contributed by atoms with Crippen molar-refractivity contribution in [1.82, 2.24) is 15.0 Å². The first kappa shape index (κ1) is 14.1. The highest BCUT2D eigenvalue weighted by Gasteiger charge is 2.08. The van der Waals surface area contributed by atoms with Crippen LogP contribution in [0.1, 0.15) is 25.5 Å². The lowest BCUT2D eigenvalue weighted by Crippen LogP contribution is -2.14. The Morgan fingerprint density at radius 2 is 2.18 bits per heavy atom. The highest BCUT2D eigenvalue weighted by atomic mass is 32.2. The van der Waals surface area contributed by atoms with Crippen LogP contribution in [0.4, 0.5) is 0 Å². The van der Waals surface area contributed by atoms with E-state index in [1.165, 1.54) is 0 Å². The molecule has 0 saturated carbocycles. The molecule has 0 aliphatic carbocycles. The summed E-state index contributed by atoms with van der Waals surface area (Å²) in [6.45, 7) is 2.71. The zero-order valence-corrected chi connectivity index (χ0v) is 11.0. The zero-order chi connectivity index (χ0) is 12.7. The van der Waals surface area contributed by atoms with Gasteiger partial charge in [-0.05, 0) is 25.8 Å². The van der Waals surface area contributed by atoms with Crippen molar-refractivity contribution in [3.8, 4) is 0 Å². The summed E-state index contributed by atoms with van der Waals surface area (Å²) < 4.78 is 24.2. The molecule has 7 heteroatoms. The van der Waals surface area contributed by atoms with Gasteiger partial charge in [0.25, 0.3) is 0 Å². The van der Waals surface area contributed by atoms with Gasteiger partial charge in [-0.15, -0.1) is 5.10 Å². The molecule has 17 heavy (non-hydrogen) atoms. The van der Waals surface area contributed by atoms with Crippen molar-refractivity contribution in [2.45, 2.75) is 32.7 Å². The normalized spacial score (nSPS) is 11.9. The smallest absolute Gasteiger partial charge is 0.151 e. The first-order chi connectivity index (χ1) is 8.07. The van der Waals surface area contributed by atoms with Crippen molar-refractivity contribution in [3.63, 3.8) is 0 Å². The van der Waals surface area contributed by atoms with Gasteiger partial charge < -0.3 is 5.73 Å².